The number of nitrogens with zero attached hydrogens (tertiary/aromatic N) is 4. The van der Waals surface area contributed by atoms with Gasteiger partial charge in [-0.2, -0.15) is 29.7 Å². The number of anilines is 1. The van der Waals surface area contributed by atoms with Crippen LogP contribution >= 0.6 is 43.1 Å². The number of aliphatic hydroxyl groups is 4. The summed E-state index contributed by atoms with van der Waals surface area (Å²) in [5, 5.41) is 54.3. The van der Waals surface area contributed by atoms with Gasteiger partial charge in [0.25, 0.3) is 11.1 Å². The molecule has 486 valence electrons. The van der Waals surface area contributed by atoms with Crippen molar-refractivity contribution >= 4 is 89.9 Å². The van der Waals surface area contributed by atoms with Crippen molar-refractivity contribution in [3.8, 4) is 0 Å². The molecular weight excluding hydrogens is 1270 g/mol. The van der Waals surface area contributed by atoms with E-state index in [4.69, 9.17) is 15.2 Å². The number of hydrogen-bond acceptors (Lipinski definition) is 26. The number of phosphoric acid groups is 4. The van der Waals surface area contributed by atoms with E-state index in [9.17, 15) is 91.8 Å². The number of aromatic nitrogens is 6. The Kier molecular flexibility index (Phi) is 24.6. The summed E-state index contributed by atoms with van der Waals surface area (Å²) in [6.07, 6.45) is -1.12. The fourth-order valence-corrected chi connectivity index (χ4v) is 16.2. The molecule has 0 saturated carbocycles. The highest BCUT2D eigenvalue weighted by molar-refractivity contribution is 8.00. The van der Waals surface area contributed by atoms with Crippen molar-refractivity contribution in [1.29, 1.82) is 0 Å². The molecule has 15 atom stereocenters. The Balaban J connectivity index is 0.745. The number of urea groups is 1. The van der Waals surface area contributed by atoms with E-state index in [0.29, 0.717) is 54.9 Å². The SMILES string of the molecule is Nc1nc2c(ncn2[C@@H]2O[C@H](COP(=O)(O)OP(=O)(O)OP(=O)(O)OP(=O)(O)OC[C@H]3O[C@@H](n4cc(/C=C/CNC(=O)CCCCCCC(=O)CCCCCNC(=O)CCCC[C@H]5SC[C@H]6NC(=O)N[C@H]65)c(=O)[nH]c4=O)[C@@H](O)C3O)C(O)C2O)c(=O)[nH]1. The van der Waals surface area contributed by atoms with Gasteiger partial charge in [-0.15, -0.1) is 0 Å². The molecule has 3 aromatic rings. The van der Waals surface area contributed by atoms with Crippen molar-refractivity contribution < 1.29 is 109 Å². The Morgan fingerprint density at radius 3 is 1.87 bits per heavy atom. The van der Waals surface area contributed by atoms with Crippen molar-refractivity contribution in [3.05, 3.63) is 55.4 Å². The number of ketones is 1. The average Bonchev–Trinajstić information content (AvgIpc) is 2.16. The van der Waals surface area contributed by atoms with E-state index >= 15 is 0 Å². The van der Waals surface area contributed by atoms with Gasteiger partial charge < -0.3 is 76.5 Å². The van der Waals surface area contributed by atoms with Crippen LogP contribution in [-0.4, -0.2) is 179 Å². The summed E-state index contributed by atoms with van der Waals surface area (Å²) in [5.41, 5.74) is 2.03. The monoisotopic (exact) mass is 1340 g/mol. The average molecular weight is 1340 g/mol. The molecule has 7 rings (SSSR count). The number of imidazole rings is 1. The van der Waals surface area contributed by atoms with Gasteiger partial charge in [0.15, 0.2) is 23.6 Å². The second kappa shape index (κ2) is 30.8. The Labute approximate surface area is 496 Å². The first-order valence-electron chi connectivity index (χ1n) is 27.3. The Morgan fingerprint density at radius 2 is 1.25 bits per heavy atom. The highest BCUT2D eigenvalue weighted by atomic mass is 32.2. The zero-order valence-electron chi connectivity index (χ0n) is 46.1. The van der Waals surface area contributed by atoms with Crippen LogP contribution in [0.15, 0.2) is 33.0 Å². The van der Waals surface area contributed by atoms with Crippen LogP contribution in [0.5, 0.6) is 0 Å². The lowest BCUT2D eigenvalue weighted by Gasteiger charge is -2.21. The first kappa shape index (κ1) is 69.6. The zero-order valence-corrected chi connectivity index (χ0v) is 50.5. The number of rotatable bonds is 35. The van der Waals surface area contributed by atoms with E-state index < -0.39 is 110 Å². The van der Waals surface area contributed by atoms with Gasteiger partial charge in [0.1, 0.15) is 42.4 Å². The van der Waals surface area contributed by atoms with Crippen LogP contribution in [0.1, 0.15) is 108 Å². The summed E-state index contributed by atoms with van der Waals surface area (Å²) in [5.74, 6) is 0.414. The number of Topliss-reactive ketones (excluding diaryl/α,β-unsaturated/α-hetero) is 1. The van der Waals surface area contributed by atoms with Crippen LogP contribution in [0.25, 0.3) is 17.2 Å². The number of H-pyrrole nitrogens is 2. The molecule has 4 aliphatic heterocycles. The molecule has 0 bridgehead atoms. The Morgan fingerprint density at radius 1 is 0.701 bits per heavy atom. The standard InChI is InChI=1S/C45H69N11O26P4S/c46-43-52-38-33(40(65)53-43)49-23-56(38)42-37(63)35(61)28(79-42)21-77-84(70,71)81-86(74,75)82-85(72,73)80-83(68,69)76-20-27-34(60)36(62)41(78-27)55-19-24(39(64)54-45(55)67)11-10-18-48-30(58)15-6-2-1-4-12-25(57)13-5-3-9-17-47-31(59)16-8-7-14-29-32-26(22-87-29)50-44(66)51-32/h10-11,19,23,26-29,32,34-37,41-42,60-63H,1-9,12-18,20-22H2,(H,47,59)(H,48,58)(H,68,69)(H,70,71)(H,72,73)(H,74,75)(H2,50,51,66)(H,54,64,67)(H3,46,52,53,65)/b11-10+/t26-,27-,28-,29-,32-,34?,35?,36+,37?,41-,42-/m1/s1. The number of thioether (sulfide) groups is 1. The molecule has 37 nitrogen and oxygen atoms in total. The van der Waals surface area contributed by atoms with Crippen molar-refractivity contribution in [1.82, 2.24) is 50.3 Å². The second-order valence-electron chi connectivity index (χ2n) is 20.5. The number of unbranched alkanes of at least 4 members (excludes halogenated alkanes) is 6. The number of nitrogens with two attached hydrogens (primary N) is 1. The van der Waals surface area contributed by atoms with Gasteiger partial charge in [0.2, 0.25) is 17.8 Å². The van der Waals surface area contributed by atoms with Gasteiger partial charge in [-0.05, 0) is 38.5 Å². The molecule has 4 fully saturated rings. The predicted octanol–water partition coefficient (Wildman–Crippen LogP) is -0.583. The normalized spacial score (nSPS) is 27.3. The Bertz CT molecular complexity index is 3350. The fraction of sp³-hybridized carbons (Fsp3) is 0.667. The topological polar surface area (TPSA) is 556 Å². The molecule has 16 N–H and O–H groups in total. The zero-order chi connectivity index (χ0) is 63.4. The minimum atomic E-state index is -6.34. The molecule has 4 aliphatic rings. The van der Waals surface area contributed by atoms with E-state index in [1.165, 1.54) is 12.2 Å². The number of nitrogens with one attached hydrogen (secondary N) is 6. The summed E-state index contributed by atoms with van der Waals surface area (Å²) in [6, 6.07) is 0.239. The molecule has 4 amide bonds. The maximum atomic E-state index is 12.8. The molecule has 0 spiro atoms. The molecule has 42 heteroatoms. The van der Waals surface area contributed by atoms with Crippen molar-refractivity contribution in [2.45, 2.75) is 156 Å². The predicted molar refractivity (Wildman–Crippen MR) is 300 cm³/mol. The van der Waals surface area contributed by atoms with Gasteiger partial charge in [-0.1, -0.05) is 37.8 Å². The van der Waals surface area contributed by atoms with Gasteiger partial charge in [-0.3, -0.25) is 52.1 Å². The lowest BCUT2D eigenvalue weighted by atomic mass is 10.0. The maximum absolute atomic E-state index is 12.8. The number of aliphatic hydroxyl groups excluding tert-OH is 4. The highest BCUT2D eigenvalue weighted by Gasteiger charge is 2.50. The van der Waals surface area contributed by atoms with Gasteiger partial charge >= 0.3 is 43.0 Å². The Hall–Kier alpha value is -4.88. The number of aromatic amines is 2. The van der Waals surface area contributed by atoms with E-state index in [2.05, 4.69) is 58.2 Å². The molecule has 3 aromatic heterocycles. The molecule has 0 aliphatic carbocycles. The van der Waals surface area contributed by atoms with Crippen LogP contribution in [-0.2, 0) is 64.1 Å². The third kappa shape index (κ3) is 20.1. The summed E-state index contributed by atoms with van der Waals surface area (Å²) in [7, 11) is -24.5. The van der Waals surface area contributed by atoms with Crippen molar-refractivity contribution in [2.75, 3.05) is 37.8 Å². The molecule has 7 heterocycles. The van der Waals surface area contributed by atoms with Crippen LogP contribution in [0.3, 0.4) is 0 Å². The summed E-state index contributed by atoms with van der Waals surface area (Å²) >= 11 is 1.86. The van der Waals surface area contributed by atoms with Crippen LogP contribution < -0.4 is 43.8 Å². The van der Waals surface area contributed by atoms with Gasteiger partial charge in [0, 0.05) is 56.0 Å². The third-order valence-electron chi connectivity index (χ3n) is 14.0. The lowest BCUT2D eigenvalue weighted by molar-refractivity contribution is -0.121. The van der Waals surface area contributed by atoms with E-state index in [1.807, 2.05) is 16.7 Å². The number of amides is 4. The number of ether oxygens (including phenoxy) is 2. The molecule has 0 aromatic carbocycles. The second-order valence-corrected chi connectivity index (χ2v) is 28.0. The van der Waals surface area contributed by atoms with Crippen LogP contribution in [0.2, 0.25) is 0 Å². The molecular formula is C45H69N11O26P4S. The number of nitrogen functional groups attached to an aromatic ring is 1. The van der Waals surface area contributed by atoms with Crippen LogP contribution in [0, 0.1) is 0 Å². The minimum absolute atomic E-state index is 0.0125. The first-order valence-corrected chi connectivity index (χ1v) is 34.3. The lowest BCUT2D eigenvalue weighted by Crippen LogP contribution is -2.38. The van der Waals surface area contributed by atoms with Gasteiger partial charge in [0.05, 0.1) is 37.2 Å². The number of carbonyl (C=O) groups excluding carboxylic acids is 4. The van der Waals surface area contributed by atoms with Crippen LogP contribution in [0.4, 0.5) is 10.7 Å². The molecule has 7 unspecified atom stereocenters. The third-order valence-corrected chi connectivity index (χ3v) is 21.4. The summed E-state index contributed by atoms with van der Waals surface area (Å²) in [4.78, 5) is 138. The maximum Gasteiger partial charge on any atom is 0.490 e. The van der Waals surface area contributed by atoms with E-state index in [0.717, 1.165) is 67.8 Å². The highest BCUT2D eigenvalue weighted by Crippen LogP contribution is 2.71. The number of hydrogen-bond donors (Lipinski definition) is 15. The molecule has 0 radical (unpaired) electrons. The van der Waals surface area contributed by atoms with Crippen molar-refractivity contribution in [3.63, 3.8) is 0 Å². The largest absolute Gasteiger partial charge is 0.490 e. The summed E-state index contributed by atoms with van der Waals surface area (Å²) in [6.45, 7) is -2.00. The van der Waals surface area contributed by atoms with Gasteiger partial charge in [-0.25, -0.2) is 32.8 Å². The van der Waals surface area contributed by atoms with E-state index in [1.54, 1.807) is 0 Å². The molecule has 4 saturated heterocycles. The van der Waals surface area contributed by atoms with E-state index in [-0.39, 0.29) is 71.4 Å². The summed E-state index contributed by atoms with van der Waals surface area (Å²) < 4.78 is 83.5. The fourth-order valence-electron chi connectivity index (χ4n) is 9.68. The number of carbonyl (C=O) groups is 4. The number of fused-ring (bicyclic) bond motifs is 2. The number of phosphoric ester groups is 2. The first-order chi connectivity index (χ1) is 41.0. The quantitative estimate of drug-likeness (QED) is 0.0199. The smallest absolute Gasteiger partial charge is 0.387 e. The molecule has 87 heavy (non-hydrogen) atoms. The minimum Gasteiger partial charge on any atom is -0.387 e. The van der Waals surface area contributed by atoms with Crippen molar-refractivity contribution in [2.24, 2.45) is 0 Å².